The second kappa shape index (κ2) is 9.94. The fourth-order valence-corrected chi connectivity index (χ4v) is 2.68. The highest BCUT2D eigenvalue weighted by molar-refractivity contribution is 5.45. The first-order valence-electron chi connectivity index (χ1n) is 8.73. The average Bonchev–Trinajstić information content (AvgIpc) is 2.60. The summed E-state index contributed by atoms with van der Waals surface area (Å²) in [7, 11) is 1.70. The van der Waals surface area contributed by atoms with Gasteiger partial charge in [0.25, 0.3) is 0 Å². The first-order valence-corrected chi connectivity index (χ1v) is 8.73. The van der Waals surface area contributed by atoms with Crippen LogP contribution in [0.25, 0.3) is 0 Å². The lowest BCUT2D eigenvalue weighted by Crippen LogP contribution is -1.93. The van der Waals surface area contributed by atoms with Gasteiger partial charge in [0, 0.05) is 0 Å². The van der Waals surface area contributed by atoms with E-state index in [1.807, 2.05) is 36.4 Å². The average molecular weight is 312 g/mol. The quantitative estimate of drug-likeness (QED) is 0.473. The van der Waals surface area contributed by atoms with Crippen LogP contribution >= 0.6 is 0 Å². The molecule has 2 rings (SSSR count). The Balaban J connectivity index is 1.88. The molecule has 0 radical (unpaired) electrons. The summed E-state index contributed by atoms with van der Waals surface area (Å²) in [5.41, 5.74) is 1.32. The predicted molar refractivity (Wildman–Crippen MR) is 96.6 cm³/mol. The molecule has 0 aliphatic carbocycles. The highest BCUT2D eigenvalue weighted by Gasteiger charge is 2.07. The summed E-state index contributed by atoms with van der Waals surface area (Å²) < 4.78 is 11.4. The second-order valence-corrected chi connectivity index (χ2v) is 5.92. The molecular weight excluding hydrogens is 284 g/mol. The van der Waals surface area contributed by atoms with Gasteiger partial charge in [-0.3, -0.25) is 0 Å². The largest absolute Gasteiger partial charge is 0.493 e. The minimum atomic E-state index is 0.769. The first-order chi connectivity index (χ1) is 11.3. The third-order valence-corrected chi connectivity index (χ3v) is 4.02. The van der Waals surface area contributed by atoms with Gasteiger partial charge >= 0.3 is 0 Å². The van der Waals surface area contributed by atoms with Gasteiger partial charge in [-0.05, 0) is 42.7 Å². The molecule has 0 saturated carbocycles. The molecule has 0 aromatic heterocycles. The van der Waals surface area contributed by atoms with Crippen molar-refractivity contribution in [1.82, 2.24) is 0 Å². The Hall–Kier alpha value is -1.96. The molecule has 2 nitrogen and oxygen atoms in total. The van der Waals surface area contributed by atoms with Gasteiger partial charge in [-0.2, -0.15) is 0 Å². The number of hydrogen-bond acceptors (Lipinski definition) is 2. The van der Waals surface area contributed by atoms with Crippen LogP contribution in [0, 0.1) is 0 Å². The molecule has 2 aromatic carbocycles. The van der Waals surface area contributed by atoms with E-state index in [0.717, 1.165) is 23.7 Å². The highest BCUT2D eigenvalue weighted by atomic mass is 16.5. The van der Waals surface area contributed by atoms with E-state index in [1.165, 1.54) is 44.1 Å². The van der Waals surface area contributed by atoms with Gasteiger partial charge in [-0.1, -0.05) is 63.3 Å². The molecule has 0 fully saturated rings. The molecule has 0 bridgehead atoms. The first kappa shape index (κ1) is 17.4. The van der Waals surface area contributed by atoms with Gasteiger partial charge in [-0.25, -0.2) is 0 Å². The molecule has 0 aliphatic rings. The SMILES string of the molecule is CCCCCCCCc1ccc(Oc2ccccc2)c(OC)c1. The molecule has 0 amide bonds. The monoisotopic (exact) mass is 312 g/mol. The molecule has 2 heteroatoms. The van der Waals surface area contributed by atoms with Gasteiger partial charge in [0.2, 0.25) is 0 Å². The Morgan fingerprint density at radius 1 is 0.783 bits per heavy atom. The van der Waals surface area contributed by atoms with Crippen LogP contribution in [0.15, 0.2) is 48.5 Å². The van der Waals surface area contributed by atoms with E-state index in [1.54, 1.807) is 7.11 Å². The summed E-state index contributed by atoms with van der Waals surface area (Å²) in [5.74, 6) is 2.40. The van der Waals surface area contributed by atoms with Gasteiger partial charge in [0.1, 0.15) is 5.75 Å². The zero-order chi connectivity index (χ0) is 16.3. The van der Waals surface area contributed by atoms with E-state index in [4.69, 9.17) is 9.47 Å². The molecule has 0 saturated heterocycles. The third-order valence-electron chi connectivity index (χ3n) is 4.02. The zero-order valence-corrected chi connectivity index (χ0v) is 14.4. The molecule has 0 aliphatic heterocycles. The Labute approximate surface area is 140 Å². The van der Waals surface area contributed by atoms with Crippen LogP contribution in [0.4, 0.5) is 0 Å². The lowest BCUT2D eigenvalue weighted by Gasteiger charge is -2.12. The summed E-state index contributed by atoms with van der Waals surface area (Å²) >= 11 is 0. The number of ether oxygens (including phenoxy) is 2. The Morgan fingerprint density at radius 2 is 1.52 bits per heavy atom. The number of aryl methyl sites for hydroxylation is 1. The van der Waals surface area contributed by atoms with Crippen molar-refractivity contribution in [3.63, 3.8) is 0 Å². The molecule has 124 valence electrons. The van der Waals surface area contributed by atoms with Crippen LogP contribution in [-0.2, 0) is 6.42 Å². The maximum Gasteiger partial charge on any atom is 0.169 e. The van der Waals surface area contributed by atoms with Crippen molar-refractivity contribution in [3.8, 4) is 17.2 Å². The van der Waals surface area contributed by atoms with E-state index in [-0.39, 0.29) is 0 Å². The van der Waals surface area contributed by atoms with Gasteiger partial charge < -0.3 is 9.47 Å². The Kier molecular flexibility index (Phi) is 7.51. The highest BCUT2D eigenvalue weighted by Crippen LogP contribution is 2.32. The number of para-hydroxylation sites is 1. The van der Waals surface area contributed by atoms with Gasteiger partial charge in [0.15, 0.2) is 11.5 Å². The minimum absolute atomic E-state index is 0.769. The topological polar surface area (TPSA) is 18.5 Å². The van der Waals surface area contributed by atoms with E-state index in [2.05, 4.69) is 19.1 Å². The summed E-state index contributed by atoms with van der Waals surface area (Å²) in [4.78, 5) is 0. The molecule has 0 heterocycles. The third kappa shape index (κ3) is 5.97. The van der Waals surface area contributed by atoms with Gasteiger partial charge in [-0.15, -0.1) is 0 Å². The molecule has 0 N–H and O–H groups in total. The molecule has 0 unspecified atom stereocenters. The van der Waals surface area contributed by atoms with E-state index < -0.39 is 0 Å². The summed E-state index contributed by atoms with van der Waals surface area (Å²) in [6.45, 7) is 2.26. The van der Waals surface area contributed by atoms with E-state index >= 15 is 0 Å². The smallest absolute Gasteiger partial charge is 0.169 e. The lowest BCUT2D eigenvalue weighted by atomic mass is 10.0. The van der Waals surface area contributed by atoms with Crippen LogP contribution in [0.2, 0.25) is 0 Å². The standard InChI is InChI=1S/C21H28O2/c1-3-4-5-6-7-9-12-18-15-16-20(21(17-18)22-2)23-19-13-10-8-11-14-19/h8,10-11,13-17H,3-7,9,12H2,1-2H3. The zero-order valence-electron chi connectivity index (χ0n) is 14.4. The Morgan fingerprint density at radius 3 is 2.26 bits per heavy atom. The maximum absolute atomic E-state index is 5.90. The maximum atomic E-state index is 5.90. The summed E-state index contributed by atoms with van der Waals surface area (Å²) in [6.07, 6.45) is 9.04. The second-order valence-electron chi connectivity index (χ2n) is 5.92. The number of hydrogen-bond donors (Lipinski definition) is 0. The number of rotatable bonds is 10. The molecule has 23 heavy (non-hydrogen) atoms. The van der Waals surface area contributed by atoms with Crippen LogP contribution in [0.5, 0.6) is 17.2 Å². The molecule has 2 aromatic rings. The minimum Gasteiger partial charge on any atom is -0.493 e. The van der Waals surface area contributed by atoms with Crippen molar-refractivity contribution in [3.05, 3.63) is 54.1 Å². The van der Waals surface area contributed by atoms with Crippen LogP contribution in [-0.4, -0.2) is 7.11 Å². The molecular formula is C21H28O2. The van der Waals surface area contributed by atoms with E-state index in [0.29, 0.717) is 0 Å². The summed E-state index contributed by atoms with van der Waals surface area (Å²) in [6, 6.07) is 16.1. The fourth-order valence-electron chi connectivity index (χ4n) is 2.68. The summed E-state index contributed by atoms with van der Waals surface area (Å²) in [5, 5.41) is 0. The number of methoxy groups -OCH3 is 1. The van der Waals surface area contributed by atoms with Crippen LogP contribution in [0.1, 0.15) is 51.0 Å². The number of benzene rings is 2. The normalized spacial score (nSPS) is 10.5. The van der Waals surface area contributed by atoms with Crippen LogP contribution < -0.4 is 9.47 Å². The predicted octanol–water partition coefficient (Wildman–Crippen LogP) is 6.39. The number of unbranched alkanes of at least 4 members (excludes halogenated alkanes) is 5. The van der Waals surface area contributed by atoms with E-state index in [9.17, 15) is 0 Å². The van der Waals surface area contributed by atoms with Crippen LogP contribution in [0.3, 0.4) is 0 Å². The van der Waals surface area contributed by atoms with Crippen molar-refractivity contribution >= 4 is 0 Å². The molecule has 0 spiro atoms. The van der Waals surface area contributed by atoms with Crippen molar-refractivity contribution < 1.29 is 9.47 Å². The Bertz CT molecular complexity index is 563. The van der Waals surface area contributed by atoms with Crippen molar-refractivity contribution in [2.75, 3.05) is 7.11 Å². The fraction of sp³-hybridized carbons (Fsp3) is 0.429. The van der Waals surface area contributed by atoms with Gasteiger partial charge in [0.05, 0.1) is 7.11 Å². The lowest BCUT2D eigenvalue weighted by molar-refractivity contribution is 0.378. The van der Waals surface area contributed by atoms with Crippen molar-refractivity contribution in [1.29, 1.82) is 0 Å². The molecule has 0 atom stereocenters. The van der Waals surface area contributed by atoms with Crippen molar-refractivity contribution in [2.24, 2.45) is 0 Å². The van der Waals surface area contributed by atoms with Crippen molar-refractivity contribution in [2.45, 2.75) is 51.9 Å².